The highest BCUT2D eigenvalue weighted by Crippen LogP contribution is 2.66. The molecular formula is C19H32O2. The number of aliphatic hydroxyl groups excluding tert-OH is 2. The van der Waals surface area contributed by atoms with Crippen molar-refractivity contribution in [2.24, 2.45) is 34.5 Å². The number of hydrogen-bond donors (Lipinski definition) is 2. The fourth-order valence-electron chi connectivity index (χ4n) is 7.27. The molecule has 0 saturated heterocycles. The van der Waals surface area contributed by atoms with E-state index in [4.69, 9.17) is 0 Å². The highest BCUT2D eigenvalue weighted by molar-refractivity contribution is 5.09. The van der Waals surface area contributed by atoms with Gasteiger partial charge >= 0.3 is 0 Å². The predicted octanol–water partition coefficient (Wildman–Crippen LogP) is 3.75. The molecule has 2 N–H and O–H groups in total. The van der Waals surface area contributed by atoms with Crippen molar-refractivity contribution in [2.45, 2.75) is 83.8 Å². The van der Waals surface area contributed by atoms with E-state index in [9.17, 15) is 10.2 Å². The zero-order valence-electron chi connectivity index (χ0n) is 13.7. The van der Waals surface area contributed by atoms with E-state index in [0.29, 0.717) is 11.3 Å². The van der Waals surface area contributed by atoms with Crippen molar-refractivity contribution in [3.05, 3.63) is 0 Å². The van der Waals surface area contributed by atoms with Crippen molar-refractivity contribution in [3.8, 4) is 0 Å². The highest BCUT2D eigenvalue weighted by atomic mass is 16.3. The number of rotatable bonds is 0. The van der Waals surface area contributed by atoms with E-state index in [1.54, 1.807) is 0 Å². The van der Waals surface area contributed by atoms with Crippen LogP contribution in [0.3, 0.4) is 0 Å². The predicted molar refractivity (Wildman–Crippen MR) is 83.7 cm³/mol. The second kappa shape index (κ2) is 4.71. The Morgan fingerprint density at radius 2 is 1.62 bits per heavy atom. The summed E-state index contributed by atoms with van der Waals surface area (Å²) >= 11 is 0. The second-order valence-corrected chi connectivity index (χ2v) is 9.31. The van der Waals surface area contributed by atoms with Gasteiger partial charge in [0.2, 0.25) is 0 Å². The normalized spacial score (nSPS) is 60.0. The SMILES string of the molecule is C[C@@]12CCC[C@H]1[C@@H]1C[C@@H](O)[C@H]3C[C@@H](O)CC[C@]3(C)[C@H]1CC2. The first kappa shape index (κ1) is 14.5. The van der Waals surface area contributed by atoms with Gasteiger partial charge in [0.25, 0.3) is 0 Å². The first-order valence-corrected chi connectivity index (χ1v) is 9.30. The lowest BCUT2D eigenvalue weighted by atomic mass is 9.44. The summed E-state index contributed by atoms with van der Waals surface area (Å²) in [4.78, 5) is 0. The van der Waals surface area contributed by atoms with Gasteiger partial charge in [-0.05, 0) is 85.9 Å². The summed E-state index contributed by atoms with van der Waals surface area (Å²) in [7, 11) is 0. The van der Waals surface area contributed by atoms with E-state index in [1.165, 1.54) is 32.1 Å². The van der Waals surface area contributed by atoms with Crippen molar-refractivity contribution in [3.63, 3.8) is 0 Å². The summed E-state index contributed by atoms with van der Waals surface area (Å²) in [6.45, 7) is 4.97. The lowest BCUT2D eigenvalue weighted by molar-refractivity contribution is -0.167. The maximum Gasteiger partial charge on any atom is 0.0577 e. The minimum absolute atomic E-state index is 0.172. The average Bonchev–Trinajstić information content (AvgIpc) is 2.83. The van der Waals surface area contributed by atoms with Crippen molar-refractivity contribution >= 4 is 0 Å². The Balaban J connectivity index is 1.66. The van der Waals surface area contributed by atoms with Gasteiger partial charge in [0, 0.05) is 0 Å². The molecule has 4 rings (SSSR count). The number of hydrogen-bond acceptors (Lipinski definition) is 2. The third-order valence-corrected chi connectivity index (χ3v) is 8.43. The van der Waals surface area contributed by atoms with Crippen LogP contribution in [0.1, 0.15) is 71.6 Å². The molecule has 4 aliphatic rings. The molecule has 0 amide bonds. The topological polar surface area (TPSA) is 40.5 Å². The second-order valence-electron chi connectivity index (χ2n) is 9.31. The maximum atomic E-state index is 10.8. The van der Waals surface area contributed by atoms with Crippen LogP contribution in [0, 0.1) is 34.5 Å². The van der Waals surface area contributed by atoms with E-state index >= 15 is 0 Å². The monoisotopic (exact) mass is 292 g/mol. The summed E-state index contributed by atoms with van der Waals surface area (Å²) in [6.07, 6.45) is 10.6. The maximum absolute atomic E-state index is 10.8. The fourth-order valence-corrected chi connectivity index (χ4v) is 7.27. The van der Waals surface area contributed by atoms with Gasteiger partial charge in [0.15, 0.2) is 0 Å². The van der Waals surface area contributed by atoms with Gasteiger partial charge in [-0.15, -0.1) is 0 Å². The first-order chi connectivity index (χ1) is 9.94. The van der Waals surface area contributed by atoms with Gasteiger partial charge in [-0.25, -0.2) is 0 Å². The molecule has 2 heteroatoms. The van der Waals surface area contributed by atoms with Gasteiger partial charge in [0.05, 0.1) is 12.2 Å². The van der Waals surface area contributed by atoms with Gasteiger partial charge < -0.3 is 10.2 Å². The van der Waals surface area contributed by atoms with Gasteiger partial charge in [0.1, 0.15) is 0 Å². The molecule has 0 aliphatic heterocycles. The van der Waals surface area contributed by atoms with Gasteiger partial charge in [-0.1, -0.05) is 20.3 Å². The van der Waals surface area contributed by atoms with Crippen LogP contribution in [0.4, 0.5) is 0 Å². The van der Waals surface area contributed by atoms with E-state index in [1.807, 2.05) is 0 Å². The summed E-state index contributed by atoms with van der Waals surface area (Å²) in [5.74, 6) is 2.75. The largest absolute Gasteiger partial charge is 0.393 e. The minimum atomic E-state index is -0.172. The Morgan fingerprint density at radius 1 is 0.810 bits per heavy atom. The van der Waals surface area contributed by atoms with Crippen LogP contribution in [-0.2, 0) is 0 Å². The highest BCUT2D eigenvalue weighted by Gasteiger charge is 2.59. The molecule has 0 bridgehead atoms. The molecule has 2 nitrogen and oxygen atoms in total. The zero-order valence-corrected chi connectivity index (χ0v) is 13.7. The number of aliphatic hydroxyl groups is 2. The molecule has 0 spiro atoms. The average molecular weight is 292 g/mol. The van der Waals surface area contributed by atoms with Crippen LogP contribution < -0.4 is 0 Å². The molecule has 21 heavy (non-hydrogen) atoms. The Hall–Kier alpha value is -0.0800. The molecule has 0 aromatic carbocycles. The minimum Gasteiger partial charge on any atom is -0.393 e. The van der Waals surface area contributed by atoms with E-state index in [2.05, 4.69) is 13.8 Å². The summed E-state index contributed by atoms with van der Waals surface area (Å²) < 4.78 is 0. The molecule has 0 aromatic heterocycles. The molecule has 4 fully saturated rings. The first-order valence-electron chi connectivity index (χ1n) is 9.30. The molecule has 8 atom stereocenters. The van der Waals surface area contributed by atoms with Crippen LogP contribution in [0.15, 0.2) is 0 Å². The van der Waals surface area contributed by atoms with E-state index in [0.717, 1.165) is 43.4 Å². The van der Waals surface area contributed by atoms with E-state index < -0.39 is 0 Å². The van der Waals surface area contributed by atoms with Crippen LogP contribution in [0.5, 0.6) is 0 Å². The third-order valence-electron chi connectivity index (χ3n) is 8.43. The van der Waals surface area contributed by atoms with Gasteiger partial charge in [-0.2, -0.15) is 0 Å². The summed E-state index contributed by atoms with van der Waals surface area (Å²) in [5, 5.41) is 20.9. The van der Waals surface area contributed by atoms with Crippen LogP contribution in [0.2, 0.25) is 0 Å². The van der Waals surface area contributed by atoms with Crippen LogP contribution in [0.25, 0.3) is 0 Å². The molecule has 0 aromatic rings. The molecule has 4 aliphatic carbocycles. The zero-order chi connectivity index (χ0) is 14.8. The van der Waals surface area contributed by atoms with Crippen molar-refractivity contribution in [1.29, 1.82) is 0 Å². The van der Waals surface area contributed by atoms with Crippen molar-refractivity contribution < 1.29 is 10.2 Å². The van der Waals surface area contributed by atoms with Crippen LogP contribution in [-0.4, -0.2) is 22.4 Å². The summed E-state index contributed by atoms with van der Waals surface area (Å²) in [5.41, 5.74) is 0.851. The molecule has 4 saturated carbocycles. The molecule has 0 heterocycles. The Kier molecular flexibility index (Phi) is 3.25. The fraction of sp³-hybridized carbons (Fsp3) is 1.00. The molecule has 120 valence electrons. The quantitative estimate of drug-likeness (QED) is 0.714. The Morgan fingerprint density at radius 3 is 2.43 bits per heavy atom. The lowest BCUT2D eigenvalue weighted by Crippen LogP contribution is -2.57. The van der Waals surface area contributed by atoms with Crippen molar-refractivity contribution in [2.75, 3.05) is 0 Å². The van der Waals surface area contributed by atoms with Crippen molar-refractivity contribution in [1.82, 2.24) is 0 Å². The lowest BCUT2D eigenvalue weighted by Gasteiger charge is -2.61. The summed E-state index contributed by atoms with van der Waals surface area (Å²) in [6, 6.07) is 0. The Bertz CT molecular complexity index is 422. The standard InChI is InChI=1S/C19H32O2/c1-18-7-3-4-14(18)13-11-17(21)16-10-12(20)5-9-19(16,2)15(13)6-8-18/h12-17,20-21H,3-11H2,1-2H3/t12-,13-,14-,15-,16+,17+,18-,19+/m0/s1. The van der Waals surface area contributed by atoms with Gasteiger partial charge in [-0.3, -0.25) is 0 Å². The molecule has 0 unspecified atom stereocenters. The number of fused-ring (bicyclic) bond motifs is 5. The smallest absolute Gasteiger partial charge is 0.0577 e. The van der Waals surface area contributed by atoms with E-state index in [-0.39, 0.29) is 17.6 Å². The molecule has 0 radical (unpaired) electrons. The third kappa shape index (κ3) is 1.97. The Labute approximate surface area is 129 Å². The van der Waals surface area contributed by atoms with Crippen LogP contribution >= 0.6 is 0 Å². The molecular weight excluding hydrogens is 260 g/mol.